The highest BCUT2D eigenvalue weighted by atomic mass is 127. The van der Waals surface area contributed by atoms with E-state index in [-0.39, 0.29) is 11.8 Å². The SMILES string of the molecule is O=C(NCCc1ccccc1)[C@@H]1C[C@@H]1I. The fourth-order valence-corrected chi connectivity index (χ4v) is 2.42. The van der Waals surface area contributed by atoms with Crippen LogP contribution in [0.2, 0.25) is 0 Å². The Labute approximate surface area is 104 Å². The molecular formula is C12H14INO. The van der Waals surface area contributed by atoms with Crippen LogP contribution in [-0.4, -0.2) is 16.4 Å². The minimum absolute atomic E-state index is 0.227. The summed E-state index contributed by atoms with van der Waals surface area (Å²) in [5.74, 6) is 0.506. The second-order valence-electron chi connectivity index (χ2n) is 3.88. The molecule has 0 aromatic heterocycles. The molecule has 15 heavy (non-hydrogen) atoms. The Morgan fingerprint density at radius 1 is 1.40 bits per heavy atom. The molecule has 1 aromatic rings. The fraction of sp³-hybridized carbons (Fsp3) is 0.417. The van der Waals surface area contributed by atoms with E-state index in [1.165, 1.54) is 5.56 Å². The van der Waals surface area contributed by atoms with Gasteiger partial charge in [-0.15, -0.1) is 0 Å². The van der Waals surface area contributed by atoms with Crippen LogP contribution in [0.1, 0.15) is 12.0 Å². The molecule has 0 aliphatic heterocycles. The lowest BCUT2D eigenvalue weighted by Crippen LogP contribution is -2.27. The average Bonchev–Trinajstić information content (AvgIpc) is 2.97. The molecule has 1 aliphatic carbocycles. The van der Waals surface area contributed by atoms with E-state index in [0.717, 1.165) is 19.4 Å². The zero-order valence-corrected chi connectivity index (χ0v) is 10.6. The van der Waals surface area contributed by atoms with Crippen molar-refractivity contribution in [1.82, 2.24) is 5.32 Å². The molecule has 1 amide bonds. The van der Waals surface area contributed by atoms with Crippen molar-refractivity contribution in [1.29, 1.82) is 0 Å². The highest BCUT2D eigenvalue weighted by Crippen LogP contribution is 2.38. The van der Waals surface area contributed by atoms with Crippen LogP contribution in [0, 0.1) is 5.92 Å². The Hall–Kier alpha value is -0.580. The molecule has 0 unspecified atom stereocenters. The van der Waals surface area contributed by atoms with E-state index < -0.39 is 0 Å². The van der Waals surface area contributed by atoms with E-state index in [2.05, 4.69) is 40.0 Å². The molecule has 2 atom stereocenters. The third-order valence-electron chi connectivity index (χ3n) is 2.61. The molecule has 3 heteroatoms. The largest absolute Gasteiger partial charge is 0.355 e. The van der Waals surface area contributed by atoms with Crippen molar-refractivity contribution < 1.29 is 4.79 Å². The predicted octanol–water partition coefficient (Wildman–Crippen LogP) is 2.17. The van der Waals surface area contributed by atoms with Gasteiger partial charge in [-0.1, -0.05) is 52.9 Å². The number of hydrogen-bond donors (Lipinski definition) is 1. The second kappa shape index (κ2) is 4.96. The van der Waals surface area contributed by atoms with Gasteiger partial charge < -0.3 is 5.32 Å². The summed E-state index contributed by atoms with van der Waals surface area (Å²) in [6, 6.07) is 10.2. The number of rotatable bonds is 4. The Morgan fingerprint density at radius 2 is 2.07 bits per heavy atom. The molecule has 2 rings (SSSR count). The number of hydrogen-bond acceptors (Lipinski definition) is 1. The number of carbonyl (C=O) groups is 1. The minimum Gasteiger partial charge on any atom is -0.355 e. The number of benzene rings is 1. The van der Waals surface area contributed by atoms with Crippen LogP contribution >= 0.6 is 22.6 Å². The van der Waals surface area contributed by atoms with Crippen LogP contribution in [0.25, 0.3) is 0 Å². The van der Waals surface area contributed by atoms with Crippen molar-refractivity contribution >= 4 is 28.5 Å². The number of carbonyl (C=O) groups excluding carboxylic acids is 1. The first-order valence-electron chi connectivity index (χ1n) is 5.23. The topological polar surface area (TPSA) is 29.1 Å². The Morgan fingerprint density at radius 3 is 2.67 bits per heavy atom. The normalized spacial score (nSPS) is 23.5. The van der Waals surface area contributed by atoms with Gasteiger partial charge >= 0.3 is 0 Å². The van der Waals surface area contributed by atoms with E-state index >= 15 is 0 Å². The van der Waals surface area contributed by atoms with E-state index in [1.807, 2.05) is 18.2 Å². The summed E-state index contributed by atoms with van der Waals surface area (Å²) in [5.41, 5.74) is 1.28. The van der Waals surface area contributed by atoms with Gasteiger partial charge in [-0.2, -0.15) is 0 Å². The molecule has 80 valence electrons. The number of alkyl halides is 1. The molecule has 1 aromatic carbocycles. The second-order valence-corrected chi connectivity index (χ2v) is 5.48. The molecule has 2 nitrogen and oxygen atoms in total. The third-order valence-corrected chi connectivity index (χ3v) is 3.98. The van der Waals surface area contributed by atoms with E-state index in [9.17, 15) is 4.79 Å². The fourth-order valence-electron chi connectivity index (χ4n) is 1.54. The summed E-state index contributed by atoms with van der Waals surface area (Å²) in [4.78, 5) is 11.5. The maximum Gasteiger partial charge on any atom is 0.224 e. The highest BCUT2D eigenvalue weighted by Gasteiger charge is 2.40. The molecule has 1 aliphatic rings. The standard InChI is InChI=1S/C12H14INO/c13-11-8-10(11)12(15)14-7-6-9-4-2-1-3-5-9/h1-5,10-11H,6-8H2,(H,14,15)/t10-,11+/m1/s1. The Balaban J connectivity index is 1.69. The van der Waals surface area contributed by atoms with Gasteiger partial charge in [0.25, 0.3) is 0 Å². The lowest BCUT2D eigenvalue weighted by molar-refractivity contribution is -0.122. The molecule has 0 saturated heterocycles. The summed E-state index contributed by atoms with van der Waals surface area (Å²) in [7, 11) is 0. The zero-order chi connectivity index (χ0) is 10.7. The molecule has 1 saturated carbocycles. The zero-order valence-electron chi connectivity index (χ0n) is 8.45. The van der Waals surface area contributed by atoms with E-state index in [4.69, 9.17) is 0 Å². The molecule has 1 N–H and O–H groups in total. The van der Waals surface area contributed by atoms with Gasteiger partial charge in [-0.05, 0) is 18.4 Å². The van der Waals surface area contributed by atoms with Crippen LogP contribution in [0.5, 0.6) is 0 Å². The summed E-state index contributed by atoms with van der Waals surface area (Å²) >= 11 is 2.33. The van der Waals surface area contributed by atoms with E-state index in [1.54, 1.807) is 0 Å². The summed E-state index contributed by atoms with van der Waals surface area (Å²) in [6.07, 6.45) is 1.98. The Bertz CT molecular complexity index is 339. The Kier molecular flexibility index (Phi) is 3.61. The summed E-state index contributed by atoms with van der Waals surface area (Å²) < 4.78 is 0.569. The average molecular weight is 315 g/mol. The molecule has 0 spiro atoms. The molecule has 0 radical (unpaired) electrons. The first kappa shape index (κ1) is 10.9. The third kappa shape index (κ3) is 3.19. The maximum atomic E-state index is 11.5. The number of amides is 1. The lowest BCUT2D eigenvalue weighted by atomic mass is 10.1. The van der Waals surface area contributed by atoms with Gasteiger partial charge in [0.05, 0.1) is 5.92 Å². The van der Waals surface area contributed by atoms with Crippen molar-refractivity contribution in [3.05, 3.63) is 35.9 Å². The molecular weight excluding hydrogens is 301 g/mol. The predicted molar refractivity (Wildman–Crippen MR) is 69.1 cm³/mol. The quantitative estimate of drug-likeness (QED) is 0.670. The van der Waals surface area contributed by atoms with Crippen LogP contribution in [0.4, 0.5) is 0 Å². The van der Waals surface area contributed by atoms with Gasteiger partial charge in [0.1, 0.15) is 0 Å². The monoisotopic (exact) mass is 315 g/mol. The number of nitrogens with one attached hydrogen (secondary N) is 1. The van der Waals surface area contributed by atoms with Gasteiger partial charge in [0.15, 0.2) is 0 Å². The van der Waals surface area contributed by atoms with Crippen LogP contribution in [-0.2, 0) is 11.2 Å². The maximum absolute atomic E-state index is 11.5. The van der Waals surface area contributed by atoms with Crippen LogP contribution in [0.3, 0.4) is 0 Å². The van der Waals surface area contributed by atoms with Gasteiger partial charge in [-0.25, -0.2) is 0 Å². The van der Waals surface area contributed by atoms with Gasteiger partial charge in [0, 0.05) is 10.5 Å². The summed E-state index contributed by atoms with van der Waals surface area (Å²) in [6.45, 7) is 0.753. The van der Waals surface area contributed by atoms with Crippen molar-refractivity contribution in [3.8, 4) is 0 Å². The first-order valence-corrected chi connectivity index (χ1v) is 6.47. The number of halogens is 1. The van der Waals surface area contributed by atoms with Gasteiger partial charge in [-0.3, -0.25) is 4.79 Å². The minimum atomic E-state index is 0.227. The van der Waals surface area contributed by atoms with Gasteiger partial charge in [0.2, 0.25) is 5.91 Å². The lowest BCUT2D eigenvalue weighted by Gasteiger charge is -2.04. The van der Waals surface area contributed by atoms with Crippen LogP contribution < -0.4 is 5.32 Å². The van der Waals surface area contributed by atoms with Crippen LogP contribution in [0.15, 0.2) is 30.3 Å². The van der Waals surface area contributed by atoms with Crippen molar-refractivity contribution in [2.45, 2.75) is 16.8 Å². The molecule has 0 bridgehead atoms. The van der Waals surface area contributed by atoms with Crippen molar-refractivity contribution in [2.75, 3.05) is 6.54 Å². The summed E-state index contributed by atoms with van der Waals surface area (Å²) in [5, 5.41) is 2.98. The first-order chi connectivity index (χ1) is 7.27. The van der Waals surface area contributed by atoms with Crippen molar-refractivity contribution in [2.24, 2.45) is 5.92 Å². The molecule has 1 fully saturated rings. The molecule has 0 heterocycles. The smallest absolute Gasteiger partial charge is 0.224 e. The van der Waals surface area contributed by atoms with Crippen molar-refractivity contribution in [3.63, 3.8) is 0 Å². The van der Waals surface area contributed by atoms with E-state index in [0.29, 0.717) is 3.92 Å². The highest BCUT2D eigenvalue weighted by molar-refractivity contribution is 14.1.